The van der Waals surface area contributed by atoms with Crippen molar-refractivity contribution in [1.82, 2.24) is 10.6 Å². The highest BCUT2D eigenvalue weighted by Gasteiger charge is 2.16. The van der Waals surface area contributed by atoms with E-state index in [-0.39, 0.29) is 6.09 Å². The minimum Gasteiger partial charge on any atom is -0.444 e. The molecule has 0 fully saturated rings. The summed E-state index contributed by atoms with van der Waals surface area (Å²) in [5.74, 6) is 1.81. The van der Waals surface area contributed by atoms with Gasteiger partial charge in [0.05, 0.1) is 6.61 Å². The minimum atomic E-state index is -0.447. The first-order chi connectivity index (χ1) is 10.3. The van der Waals surface area contributed by atoms with E-state index in [0.717, 1.165) is 25.1 Å². The molecule has 0 spiro atoms. The van der Waals surface area contributed by atoms with Crippen LogP contribution in [0.3, 0.4) is 0 Å². The largest absolute Gasteiger partial charge is 0.444 e. The second-order valence-corrected chi connectivity index (χ2v) is 7.60. The zero-order valence-corrected chi connectivity index (χ0v) is 15.8. The van der Waals surface area contributed by atoms with Crippen LogP contribution in [-0.2, 0) is 9.47 Å². The number of thioether (sulfide) groups is 1. The summed E-state index contributed by atoms with van der Waals surface area (Å²) in [6.45, 7) is 10.1. The summed E-state index contributed by atoms with van der Waals surface area (Å²) in [4.78, 5) is 11.5. The molecule has 0 aliphatic carbocycles. The number of hydrogen-bond donors (Lipinski definition) is 2. The van der Waals surface area contributed by atoms with Crippen molar-refractivity contribution in [3.05, 3.63) is 0 Å². The van der Waals surface area contributed by atoms with E-state index in [0.29, 0.717) is 25.1 Å². The van der Waals surface area contributed by atoms with Gasteiger partial charge in [0.15, 0.2) is 0 Å². The fourth-order valence-electron chi connectivity index (χ4n) is 2.01. The Hall–Kier alpha value is -0.460. The van der Waals surface area contributed by atoms with Crippen molar-refractivity contribution < 1.29 is 14.3 Å². The topological polar surface area (TPSA) is 59.6 Å². The molecule has 132 valence electrons. The zero-order chi connectivity index (χ0) is 17.0. The lowest BCUT2D eigenvalue weighted by atomic mass is 10.1. The fraction of sp³-hybridized carbons (Fsp3) is 0.938. The van der Waals surface area contributed by atoms with Crippen molar-refractivity contribution >= 4 is 17.9 Å². The van der Waals surface area contributed by atoms with E-state index in [4.69, 9.17) is 9.47 Å². The lowest BCUT2D eigenvalue weighted by Crippen LogP contribution is -2.38. The Bertz CT molecular complexity index is 296. The molecule has 2 N–H and O–H groups in total. The van der Waals surface area contributed by atoms with Gasteiger partial charge in [-0.25, -0.2) is 4.79 Å². The number of ether oxygens (including phenoxy) is 2. The summed E-state index contributed by atoms with van der Waals surface area (Å²) in [6, 6.07) is 0.328. The molecular weight excluding hydrogens is 300 g/mol. The Morgan fingerprint density at radius 2 is 2.00 bits per heavy atom. The van der Waals surface area contributed by atoms with Crippen molar-refractivity contribution in [2.24, 2.45) is 5.92 Å². The second kappa shape index (κ2) is 12.0. The van der Waals surface area contributed by atoms with Crippen molar-refractivity contribution in [2.75, 3.05) is 38.8 Å². The summed E-state index contributed by atoms with van der Waals surface area (Å²) in [7, 11) is 1.72. The lowest BCUT2D eigenvalue weighted by molar-refractivity contribution is 0.0526. The van der Waals surface area contributed by atoms with Crippen LogP contribution in [0.25, 0.3) is 0 Å². The average molecular weight is 335 g/mol. The van der Waals surface area contributed by atoms with Gasteiger partial charge in [-0.3, -0.25) is 0 Å². The van der Waals surface area contributed by atoms with Crippen molar-refractivity contribution in [3.8, 4) is 0 Å². The van der Waals surface area contributed by atoms with E-state index in [2.05, 4.69) is 23.8 Å². The Balaban J connectivity index is 3.88. The molecule has 0 aromatic rings. The van der Waals surface area contributed by atoms with E-state index in [1.54, 1.807) is 7.11 Å². The molecule has 1 amide bonds. The summed E-state index contributed by atoms with van der Waals surface area (Å²) in [5.41, 5.74) is -0.447. The molecule has 6 heteroatoms. The van der Waals surface area contributed by atoms with E-state index in [9.17, 15) is 4.79 Å². The Morgan fingerprint density at radius 3 is 2.55 bits per heavy atom. The first-order valence-electron chi connectivity index (χ1n) is 7.96. The SMILES string of the molecule is COCC(CCCNC(=O)OC(C)(C)C)NCC(C)CSC. The van der Waals surface area contributed by atoms with Gasteiger partial charge < -0.3 is 20.1 Å². The van der Waals surface area contributed by atoms with E-state index in [1.165, 1.54) is 0 Å². The monoisotopic (exact) mass is 334 g/mol. The quantitative estimate of drug-likeness (QED) is 0.569. The molecule has 0 aromatic carbocycles. The highest BCUT2D eigenvalue weighted by Crippen LogP contribution is 2.07. The van der Waals surface area contributed by atoms with Crippen molar-refractivity contribution in [2.45, 2.75) is 52.2 Å². The van der Waals surface area contributed by atoms with Crippen LogP contribution in [0.4, 0.5) is 4.79 Å². The van der Waals surface area contributed by atoms with Gasteiger partial charge in [-0.2, -0.15) is 11.8 Å². The normalized spacial score (nSPS) is 14.5. The van der Waals surface area contributed by atoms with Crippen molar-refractivity contribution in [1.29, 1.82) is 0 Å². The number of rotatable bonds is 11. The Kier molecular flexibility index (Phi) is 11.8. The standard InChI is InChI=1S/C16H34N2O3S/c1-13(12-22-6)10-18-14(11-20-5)8-7-9-17-15(19)21-16(2,3)4/h13-14,18H,7-12H2,1-6H3,(H,17,19). The highest BCUT2D eigenvalue weighted by molar-refractivity contribution is 7.98. The third kappa shape index (κ3) is 13.2. The molecule has 2 atom stereocenters. The van der Waals surface area contributed by atoms with Crippen LogP contribution < -0.4 is 10.6 Å². The predicted molar refractivity (Wildman–Crippen MR) is 94.7 cm³/mol. The Morgan fingerprint density at radius 1 is 1.32 bits per heavy atom. The fourth-order valence-corrected chi connectivity index (χ4v) is 2.70. The molecule has 0 saturated carbocycles. The van der Waals surface area contributed by atoms with Gasteiger partial charge in [0, 0.05) is 19.7 Å². The van der Waals surface area contributed by atoms with Gasteiger partial charge in [0.1, 0.15) is 5.60 Å². The van der Waals surface area contributed by atoms with Crippen LogP contribution in [0.15, 0.2) is 0 Å². The highest BCUT2D eigenvalue weighted by atomic mass is 32.2. The van der Waals surface area contributed by atoms with E-state index >= 15 is 0 Å². The lowest BCUT2D eigenvalue weighted by Gasteiger charge is -2.21. The molecule has 0 aliphatic rings. The van der Waals surface area contributed by atoms with Crippen molar-refractivity contribution in [3.63, 3.8) is 0 Å². The molecule has 0 aliphatic heterocycles. The number of nitrogens with one attached hydrogen (secondary N) is 2. The zero-order valence-electron chi connectivity index (χ0n) is 15.0. The molecule has 0 rings (SSSR count). The van der Waals surface area contributed by atoms with E-state index in [1.807, 2.05) is 32.5 Å². The predicted octanol–water partition coefficient (Wildman–Crippen LogP) is 2.90. The number of methoxy groups -OCH3 is 1. The molecule has 0 aromatic heterocycles. The molecule has 0 bridgehead atoms. The maximum Gasteiger partial charge on any atom is 0.407 e. The molecular formula is C16H34N2O3S. The van der Waals surface area contributed by atoms with Gasteiger partial charge in [-0.1, -0.05) is 6.92 Å². The first-order valence-corrected chi connectivity index (χ1v) is 9.36. The van der Waals surface area contributed by atoms with Gasteiger partial charge in [0.2, 0.25) is 0 Å². The Labute approximate surface area is 140 Å². The van der Waals surface area contributed by atoms with Crippen LogP contribution >= 0.6 is 11.8 Å². The molecule has 0 radical (unpaired) electrons. The summed E-state index contributed by atoms with van der Waals surface area (Å²) in [5, 5.41) is 6.34. The third-order valence-electron chi connectivity index (χ3n) is 2.97. The smallest absolute Gasteiger partial charge is 0.407 e. The maximum absolute atomic E-state index is 11.5. The van der Waals surface area contributed by atoms with Crippen LogP contribution in [0, 0.1) is 5.92 Å². The molecule has 5 nitrogen and oxygen atoms in total. The van der Waals surface area contributed by atoms with Crippen LogP contribution in [-0.4, -0.2) is 56.6 Å². The number of hydrogen-bond acceptors (Lipinski definition) is 5. The number of carbonyl (C=O) groups is 1. The molecule has 0 saturated heterocycles. The number of carbonyl (C=O) groups excluding carboxylic acids is 1. The van der Waals surface area contributed by atoms with Gasteiger partial charge in [-0.05, 0) is 58.1 Å². The van der Waals surface area contributed by atoms with Gasteiger partial charge in [-0.15, -0.1) is 0 Å². The van der Waals surface area contributed by atoms with Crippen LogP contribution in [0.5, 0.6) is 0 Å². The van der Waals surface area contributed by atoms with Gasteiger partial charge in [0.25, 0.3) is 0 Å². The average Bonchev–Trinajstić information content (AvgIpc) is 2.39. The van der Waals surface area contributed by atoms with Crippen LogP contribution in [0.2, 0.25) is 0 Å². The number of amides is 1. The maximum atomic E-state index is 11.5. The summed E-state index contributed by atoms with van der Waals surface area (Å²) >= 11 is 1.87. The minimum absolute atomic E-state index is 0.328. The third-order valence-corrected chi connectivity index (χ3v) is 3.87. The first kappa shape index (κ1) is 21.5. The summed E-state index contributed by atoms with van der Waals surface area (Å²) < 4.78 is 10.5. The molecule has 22 heavy (non-hydrogen) atoms. The van der Waals surface area contributed by atoms with Crippen LogP contribution in [0.1, 0.15) is 40.5 Å². The molecule has 2 unspecified atom stereocenters. The number of alkyl carbamates (subject to hydrolysis) is 1. The van der Waals surface area contributed by atoms with E-state index < -0.39 is 5.60 Å². The van der Waals surface area contributed by atoms with Gasteiger partial charge >= 0.3 is 6.09 Å². The summed E-state index contributed by atoms with van der Waals surface area (Å²) in [6.07, 6.45) is 3.65. The molecule has 0 heterocycles. The second-order valence-electron chi connectivity index (χ2n) is 6.69.